The number of nitriles is 1. The molecule has 0 aliphatic rings. The number of aromatic hydroxyl groups is 2. The molecule has 0 radical (unpaired) electrons. The largest absolute Gasteiger partial charge is 0.507 e. The molecule has 420 valence electrons. The van der Waals surface area contributed by atoms with E-state index in [0.29, 0.717) is 52.3 Å². The van der Waals surface area contributed by atoms with Gasteiger partial charge >= 0.3 is 0 Å². The van der Waals surface area contributed by atoms with Crippen LogP contribution in [-0.4, -0.2) is 72.9 Å². The number of nitro groups is 4. The molecule has 0 fully saturated rings. The predicted octanol–water partition coefficient (Wildman–Crippen LogP) is 13.7. The van der Waals surface area contributed by atoms with Crippen LogP contribution < -0.4 is 19.9 Å². The molecule has 1 heterocycles. The standard InChI is InChI=1S/C17H13ClN2O5.2C10H11NO4.C8H7NO4.C7H4ClNO.Br2/c1-2-24-13-6-4-10(20(22)23)8-12(13)16(21)17-15(19)11-7-9(18)3-5-14(11)25-17;2*1-3-15-10-5-4-8(11(13)14)6-9(10)7(2)12;1-5(10)7-4-6(9(12)13)2-3-8(7)11;8-6-1-2-7(10)5(3-6)4-9;1-2/h3-8H,2,19H2,1H3;2*4-6H,3H2,1-2H3;2-4,11H,1H3;1-3,10H;. The van der Waals surface area contributed by atoms with Crippen molar-refractivity contribution in [3.8, 4) is 34.8 Å². The summed E-state index contributed by atoms with van der Waals surface area (Å²) in [5, 5.41) is 70.2. The highest BCUT2D eigenvalue weighted by Gasteiger charge is 2.26. The first-order chi connectivity index (χ1) is 37.8. The quantitative estimate of drug-likeness (QED) is 0.0487. The zero-order valence-electron chi connectivity index (χ0n) is 42.8. The maximum absolute atomic E-state index is 12.9. The number of hydrogen-bond donors (Lipinski definition) is 3. The summed E-state index contributed by atoms with van der Waals surface area (Å²) in [4.78, 5) is 86.2. The van der Waals surface area contributed by atoms with Crippen LogP contribution in [-0.2, 0) is 0 Å². The number of Topliss-reactive ketones (excluding diaryl/α,β-unsaturated/α-hetero) is 3. The molecule has 6 aromatic carbocycles. The van der Waals surface area contributed by atoms with Crippen LogP contribution >= 0.6 is 51.5 Å². The Morgan fingerprint density at radius 3 is 1.29 bits per heavy atom. The number of phenols is 2. The number of phenolic OH excluding ortho intramolecular Hbond substituents is 2. The molecule has 0 amide bonds. The highest BCUT2D eigenvalue weighted by Crippen LogP contribution is 2.35. The minimum absolute atomic E-state index is 0.00732. The lowest BCUT2D eigenvalue weighted by Crippen LogP contribution is -2.07. The van der Waals surface area contributed by atoms with E-state index in [1.165, 1.54) is 87.5 Å². The van der Waals surface area contributed by atoms with E-state index in [2.05, 4.69) is 28.3 Å². The first-order valence-corrected chi connectivity index (χ1v) is 27.1. The monoisotopic (exact) mass is 1270 g/mol. The molecule has 0 saturated heterocycles. The number of ether oxygens (including phenoxy) is 3. The van der Waals surface area contributed by atoms with Crippen molar-refractivity contribution in [2.75, 3.05) is 25.6 Å². The number of benzene rings is 6. The fraction of sp³-hybridized carbons (Fsp3) is 0.173. The molecular formula is C52H46Br2Cl2N6O18. The molecule has 0 spiro atoms. The van der Waals surface area contributed by atoms with Crippen molar-refractivity contribution < 1.29 is 67.7 Å². The summed E-state index contributed by atoms with van der Waals surface area (Å²) < 4.78 is 21.3. The summed E-state index contributed by atoms with van der Waals surface area (Å²) in [6, 6.07) is 26.0. The second kappa shape index (κ2) is 32.6. The van der Waals surface area contributed by atoms with Crippen molar-refractivity contribution in [3.05, 3.63) is 193 Å². The van der Waals surface area contributed by atoms with Crippen molar-refractivity contribution in [1.82, 2.24) is 0 Å². The van der Waals surface area contributed by atoms with E-state index in [1.54, 1.807) is 45.0 Å². The Hall–Kier alpha value is -9.03. The number of nitrogen functional groups attached to an aromatic ring is 1. The molecule has 0 unspecified atom stereocenters. The number of ketones is 4. The molecule has 7 aromatic rings. The average Bonchev–Trinajstić information content (AvgIpc) is 3.75. The number of nitrogens with two attached hydrogens (primary N) is 1. The summed E-state index contributed by atoms with van der Waals surface area (Å²) in [5.41, 5.74) is 6.54. The van der Waals surface area contributed by atoms with Crippen molar-refractivity contribution in [2.45, 2.75) is 41.5 Å². The van der Waals surface area contributed by atoms with Crippen molar-refractivity contribution in [1.29, 1.82) is 5.26 Å². The third-order valence-corrected chi connectivity index (χ3v) is 10.4. The van der Waals surface area contributed by atoms with Gasteiger partial charge in [-0.3, -0.25) is 59.6 Å². The fourth-order valence-corrected chi connectivity index (χ4v) is 6.71. The normalized spacial score (nSPS) is 9.76. The van der Waals surface area contributed by atoms with Gasteiger partial charge in [0.2, 0.25) is 5.78 Å². The number of rotatable bonds is 15. The zero-order valence-corrected chi connectivity index (χ0v) is 47.4. The Labute approximate surface area is 479 Å². The molecule has 0 aliphatic carbocycles. The number of non-ortho nitro benzene ring substituents is 4. The van der Waals surface area contributed by atoms with Gasteiger partial charge in [0.1, 0.15) is 40.4 Å². The Morgan fingerprint density at radius 1 is 0.562 bits per heavy atom. The van der Waals surface area contributed by atoms with Crippen molar-refractivity contribution in [2.24, 2.45) is 0 Å². The van der Waals surface area contributed by atoms with Gasteiger partial charge in [-0.15, -0.1) is 0 Å². The zero-order chi connectivity index (χ0) is 60.6. The predicted molar refractivity (Wildman–Crippen MR) is 302 cm³/mol. The maximum atomic E-state index is 12.9. The van der Waals surface area contributed by atoms with E-state index in [1.807, 2.05) is 0 Å². The summed E-state index contributed by atoms with van der Waals surface area (Å²) >= 11 is 17.0. The number of carbonyl (C=O) groups excluding carboxylic acids is 4. The molecule has 0 saturated carbocycles. The Bertz CT molecular complexity index is 3400. The lowest BCUT2D eigenvalue weighted by molar-refractivity contribution is -0.385. The van der Waals surface area contributed by atoms with Crippen LogP contribution in [0.3, 0.4) is 0 Å². The summed E-state index contributed by atoms with van der Waals surface area (Å²) in [5.74, 6) is -0.895. The smallest absolute Gasteiger partial charge is 0.270 e. The fourth-order valence-electron chi connectivity index (χ4n) is 6.36. The van der Waals surface area contributed by atoms with E-state index >= 15 is 0 Å². The first kappa shape index (κ1) is 67.1. The summed E-state index contributed by atoms with van der Waals surface area (Å²) in [6.45, 7) is 10.4. The van der Waals surface area contributed by atoms with Gasteiger partial charge in [0.05, 0.1) is 73.0 Å². The minimum Gasteiger partial charge on any atom is -0.507 e. The minimum atomic E-state index is -0.619. The van der Waals surface area contributed by atoms with Gasteiger partial charge in [0, 0.05) is 92.2 Å². The van der Waals surface area contributed by atoms with E-state index in [-0.39, 0.29) is 90.8 Å². The van der Waals surface area contributed by atoms with E-state index in [4.69, 9.17) is 63.0 Å². The van der Waals surface area contributed by atoms with Gasteiger partial charge < -0.3 is 34.6 Å². The second-order valence-electron chi connectivity index (χ2n) is 15.3. The molecule has 28 heteroatoms. The molecule has 4 N–H and O–H groups in total. The van der Waals surface area contributed by atoms with E-state index < -0.39 is 31.3 Å². The number of nitrogens with zero attached hydrogens (tertiary/aromatic N) is 5. The van der Waals surface area contributed by atoms with Crippen LogP contribution in [0.15, 0.2) is 114 Å². The lowest BCUT2D eigenvalue weighted by atomic mass is 10.1. The van der Waals surface area contributed by atoms with Gasteiger partial charge in [0.25, 0.3) is 22.7 Å². The van der Waals surface area contributed by atoms with Crippen LogP contribution in [0.2, 0.25) is 10.0 Å². The molecule has 0 bridgehead atoms. The van der Waals surface area contributed by atoms with Crippen LogP contribution in [0.25, 0.3) is 11.0 Å². The van der Waals surface area contributed by atoms with E-state index in [0.717, 1.165) is 24.3 Å². The van der Waals surface area contributed by atoms with Gasteiger partial charge in [-0.25, -0.2) is 0 Å². The molecule has 24 nitrogen and oxygen atoms in total. The molecule has 1 aromatic heterocycles. The number of carbonyl (C=O) groups is 4. The SMILES string of the molecule is BrBr.CC(=O)c1cc([N+](=O)[O-])ccc1O.CCOc1ccc([N+](=O)[O-])cc1C(=O)c1oc2ccc(Cl)cc2c1N.CCOc1ccc([N+](=O)[O-])cc1C(C)=O.CCOc1ccc([N+](=O)[O-])cc1C(C)=O.N#Cc1cc(Cl)ccc1O. The topological polar surface area (TPSA) is 372 Å². The first-order valence-electron chi connectivity index (χ1n) is 22.6. The van der Waals surface area contributed by atoms with Gasteiger partial charge in [-0.1, -0.05) is 23.2 Å². The number of anilines is 1. The van der Waals surface area contributed by atoms with E-state index in [9.17, 15) is 59.6 Å². The highest BCUT2D eigenvalue weighted by molar-refractivity contribution is 9.93. The molecule has 80 heavy (non-hydrogen) atoms. The summed E-state index contributed by atoms with van der Waals surface area (Å²) in [6.07, 6.45) is 0. The van der Waals surface area contributed by atoms with Crippen molar-refractivity contribution >= 4 is 114 Å². The molecular weight excluding hydrogens is 1230 g/mol. The van der Waals surface area contributed by atoms with Gasteiger partial charge in [-0.2, -0.15) is 5.26 Å². The number of furan rings is 1. The average molecular weight is 1270 g/mol. The maximum Gasteiger partial charge on any atom is 0.270 e. The highest BCUT2D eigenvalue weighted by atomic mass is 80.9. The number of halogens is 4. The van der Waals surface area contributed by atoms with Crippen LogP contribution in [0.1, 0.15) is 94.3 Å². The number of fused-ring (bicyclic) bond motifs is 1. The summed E-state index contributed by atoms with van der Waals surface area (Å²) in [7, 11) is 0. The Kier molecular flexibility index (Phi) is 27.4. The number of hydrogen-bond acceptors (Lipinski definition) is 20. The third kappa shape index (κ3) is 19.5. The van der Waals surface area contributed by atoms with Crippen molar-refractivity contribution in [3.63, 3.8) is 0 Å². The molecule has 7 rings (SSSR count). The van der Waals surface area contributed by atoms with Gasteiger partial charge in [0.15, 0.2) is 23.1 Å². The Morgan fingerprint density at radius 2 is 0.912 bits per heavy atom. The van der Waals surface area contributed by atoms with Crippen LogP contribution in [0.4, 0.5) is 28.4 Å². The number of nitro benzene ring substituents is 4. The second-order valence-corrected chi connectivity index (χ2v) is 16.2. The molecule has 0 aliphatic heterocycles. The Balaban J connectivity index is 0.000000352. The van der Waals surface area contributed by atoms with Crippen LogP contribution in [0, 0.1) is 51.8 Å². The third-order valence-electron chi connectivity index (χ3n) is 9.97. The lowest BCUT2D eigenvalue weighted by Gasteiger charge is -2.08. The van der Waals surface area contributed by atoms with Crippen LogP contribution in [0.5, 0.6) is 28.7 Å². The van der Waals surface area contributed by atoms with Gasteiger partial charge in [-0.05, 0) is 102 Å². The molecule has 0 atom stereocenters.